The molecule has 0 bridgehead atoms. The number of piperidine rings is 1. The number of hydrogen-bond acceptors (Lipinski definition) is 6. The van der Waals surface area contributed by atoms with E-state index in [4.69, 9.17) is 10.8 Å². The number of likely N-dealkylation sites (N-methyl/N-ethyl adjacent to an activating group) is 1. The summed E-state index contributed by atoms with van der Waals surface area (Å²) in [7, 11) is 2.01. The molecule has 1 aromatic heterocycles. The summed E-state index contributed by atoms with van der Waals surface area (Å²) in [6.45, 7) is 1.99. The van der Waals surface area contributed by atoms with E-state index in [1.807, 2.05) is 13.1 Å². The molecule has 3 N–H and O–H groups in total. The molecule has 0 aromatic carbocycles. The minimum atomic E-state index is 0.498. The fourth-order valence-electron chi connectivity index (χ4n) is 3.05. The Morgan fingerprint density at radius 2 is 2.32 bits per heavy atom. The van der Waals surface area contributed by atoms with Crippen molar-refractivity contribution in [3.8, 4) is 0 Å². The van der Waals surface area contributed by atoms with E-state index >= 15 is 0 Å². The molecule has 1 fully saturated rings. The van der Waals surface area contributed by atoms with Gasteiger partial charge in [-0.3, -0.25) is 0 Å². The lowest BCUT2D eigenvalue weighted by molar-refractivity contribution is 0.449. The Morgan fingerprint density at radius 1 is 1.45 bits per heavy atom. The van der Waals surface area contributed by atoms with Gasteiger partial charge in [0, 0.05) is 43.3 Å². The first-order chi connectivity index (χ1) is 10.8. The van der Waals surface area contributed by atoms with Gasteiger partial charge in [-0.05, 0) is 32.0 Å². The van der Waals surface area contributed by atoms with E-state index in [1.54, 1.807) is 12.3 Å². The summed E-state index contributed by atoms with van der Waals surface area (Å²) in [5.41, 5.74) is 3.56. The van der Waals surface area contributed by atoms with Crippen LogP contribution in [0, 0.1) is 10.8 Å². The van der Waals surface area contributed by atoms with Crippen molar-refractivity contribution in [3.05, 3.63) is 29.5 Å². The van der Waals surface area contributed by atoms with Gasteiger partial charge in [0.05, 0.1) is 17.0 Å². The normalized spacial score (nSPS) is 20.8. The van der Waals surface area contributed by atoms with Crippen LogP contribution in [0.3, 0.4) is 0 Å². The standard InChI is InChI=1S/C16H20N6/c1-19-12-3-2-8-22(10-12)13-5-7-20-16-14(13)15(21-16)11(9-18)4-6-17/h4-7,9,12,17-19H,2-3,8,10H2,1H3/b11-4+,17-6?,18-9?/t12-/m0/s1. The van der Waals surface area contributed by atoms with Crippen molar-refractivity contribution in [2.45, 2.75) is 18.9 Å². The maximum absolute atomic E-state index is 7.53. The summed E-state index contributed by atoms with van der Waals surface area (Å²) in [5, 5.41) is 18.1. The highest BCUT2D eigenvalue weighted by atomic mass is 15.2. The van der Waals surface area contributed by atoms with Gasteiger partial charge in [0.1, 0.15) is 0 Å². The predicted octanol–water partition coefficient (Wildman–Crippen LogP) is 1.93. The molecule has 0 saturated carbocycles. The second kappa shape index (κ2) is 6.19. The number of nitrogens with zero attached hydrogens (tertiary/aromatic N) is 3. The molecule has 0 radical (unpaired) electrons. The summed E-state index contributed by atoms with van der Waals surface area (Å²) in [5.74, 6) is 0.733. The fraction of sp³-hybridized carbons (Fsp3) is 0.375. The van der Waals surface area contributed by atoms with Crippen LogP contribution in [0.1, 0.15) is 18.4 Å². The van der Waals surface area contributed by atoms with Gasteiger partial charge in [0.15, 0.2) is 5.82 Å². The Hall–Kier alpha value is -2.34. The lowest BCUT2D eigenvalue weighted by Crippen LogP contribution is -2.45. The Bertz CT molecular complexity index is 661. The second-order valence-electron chi connectivity index (χ2n) is 5.50. The molecular formula is C16H20N6. The molecular weight excluding hydrogens is 276 g/mol. The van der Waals surface area contributed by atoms with Crippen LogP contribution >= 0.6 is 0 Å². The third-order valence-electron chi connectivity index (χ3n) is 4.23. The molecule has 1 atom stereocenters. The molecule has 3 heterocycles. The maximum atomic E-state index is 7.53. The summed E-state index contributed by atoms with van der Waals surface area (Å²) in [6.07, 6.45) is 8.18. The summed E-state index contributed by atoms with van der Waals surface area (Å²) >= 11 is 0. The highest BCUT2D eigenvalue weighted by Crippen LogP contribution is 2.38. The average Bonchev–Trinajstić information content (AvgIpc) is 2.54. The second-order valence-corrected chi connectivity index (χ2v) is 5.50. The zero-order valence-corrected chi connectivity index (χ0v) is 12.6. The van der Waals surface area contributed by atoms with Crippen molar-refractivity contribution in [1.29, 1.82) is 10.8 Å². The maximum Gasteiger partial charge on any atom is 0.164 e. The van der Waals surface area contributed by atoms with Crippen molar-refractivity contribution in [2.24, 2.45) is 4.99 Å². The van der Waals surface area contributed by atoms with Crippen LogP contribution in [-0.4, -0.2) is 49.3 Å². The average molecular weight is 296 g/mol. The van der Waals surface area contributed by atoms with Gasteiger partial charge in [-0.25, -0.2) is 9.98 Å². The van der Waals surface area contributed by atoms with E-state index in [2.05, 4.69) is 20.2 Å². The number of anilines is 1. The molecule has 0 aliphatic carbocycles. The van der Waals surface area contributed by atoms with Gasteiger partial charge in [-0.15, -0.1) is 0 Å². The van der Waals surface area contributed by atoms with E-state index < -0.39 is 0 Å². The zero-order chi connectivity index (χ0) is 15.5. The number of allylic oxidation sites excluding steroid dienone is 2. The van der Waals surface area contributed by atoms with Gasteiger partial charge in [0.25, 0.3) is 0 Å². The molecule has 6 nitrogen and oxygen atoms in total. The lowest BCUT2D eigenvalue weighted by Gasteiger charge is -2.36. The highest BCUT2D eigenvalue weighted by molar-refractivity contribution is 6.32. The van der Waals surface area contributed by atoms with Crippen molar-refractivity contribution in [1.82, 2.24) is 10.3 Å². The van der Waals surface area contributed by atoms with E-state index in [9.17, 15) is 0 Å². The van der Waals surface area contributed by atoms with Crippen LogP contribution in [0.25, 0.3) is 0 Å². The molecule has 2 aliphatic heterocycles. The Morgan fingerprint density at radius 3 is 3.05 bits per heavy atom. The minimum Gasteiger partial charge on any atom is -0.369 e. The van der Waals surface area contributed by atoms with Crippen LogP contribution in [0.15, 0.2) is 28.9 Å². The molecule has 1 saturated heterocycles. The zero-order valence-electron chi connectivity index (χ0n) is 12.6. The number of nitrogens with one attached hydrogen (secondary N) is 3. The van der Waals surface area contributed by atoms with Crippen molar-refractivity contribution >= 4 is 29.6 Å². The van der Waals surface area contributed by atoms with Gasteiger partial charge in [-0.1, -0.05) is 0 Å². The minimum absolute atomic E-state index is 0.498. The first-order valence-corrected chi connectivity index (χ1v) is 7.50. The van der Waals surface area contributed by atoms with Gasteiger partial charge >= 0.3 is 0 Å². The quantitative estimate of drug-likeness (QED) is 0.725. The summed E-state index contributed by atoms with van der Waals surface area (Å²) in [6, 6.07) is 2.52. The van der Waals surface area contributed by atoms with Gasteiger partial charge in [0.2, 0.25) is 0 Å². The number of pyridine rings is 1. The first-order valence-electron chi connectivity index (χ1n) is 7.50. The number of hydrogen-bond donors (Lipinski definition) is 3. The molecule has 114 valence electrons. The molecule has 1 aromatic rings. The first kappa shape index (κ1) is 14.6. The third-order valence-corrected chi connectivity index (χ3v) is 4.23. The monoisotopic (exact) mass is 296 g/mol. The number of fused-ring (bicyclic) bond motifs is 1. The molecule has 22 heavy (non-hydrogen) atoms. The number of rotatable bonds is 5. The molecule has 3 rings (SSSR count). The van der Waals surface area contributed by atoms with E-state index in [0.29, 0.717) is 11.6 Å². The van der Waals surface area contributed by atoms with Crippen LogP contribution in [-0.2, 0) is 0 Å². The summed E-state index contributed by atoms with van der Waals surface area (Å²) in [4.78, 5) is 11.1. The molecule has 2 aliphatic rings. The number of aromatic nitrogens is 1. The molecule has 0 amide bonds. The Kier molecular flexibility index (Phi) is 4.11. The molecule has 6 heteroatoms. The Balaban J connectivity index is 1.93. The van der Waals surface area contributed by atoms with E-state index in [-0.39, 0.29) is 0 Å². The van der Waals surface area contributed by atoms with Gasteiger partial charge < -0.3 is 21.0 Å². The van der Waals surface area contributed by atoms with Crippen LogP contribution < -0.4 is 10.2 Å². The van der Waals surface area contributed by atoms with Crippen molar-refractivity contribution in [2.75, 3.05) is 25.0 Å². The van der Waals surface area contributed by atoms with Crippen LogP contribution in [0.4, 0.5) is 11.5 Å². The predicted molar refractivity (Wildman–Crippen MR) is 90.4 cm³/mol. The largest absolute Gasteiger partial charge is 0.369 e. The Labute approximate surface area is 130 Å². The summed E-state index contributed by atoms with van der Waals surface area (Å²) < 4.78 is 0. The van der Waals surface area contributed by atoms with Crippen molar-refractivity contribution in [3.63, 3.8) is 0 Å². The van der Waals surface area contributed by atoms with Crippen molar-refractivity contribution < 1.29 is 0 Å². The third kappa shape index (κ3) is 2.46. The SMILES string of the molecule is CN[C@H]1CCCN(c2ccnc3c2C(/C(C=N)=C/C=N)=N3)C1. The number of aliphatic imine (C=N–C) groups is 1. The molecule has 0 unspecified atom stereocenters. The smallest absolute Gasteiger partial charge is 0.164 e. The van der Waals surface area contributed by atoms with E-state index in [0.717, 1.165) is 42.3 Å². The molecule has 0 spiro atoms. The van der Waals surface area contributed by atoms with E-state index in [1.165, 1.54) is 18.9 Å². The van der Waals surface area contributed by atoms with Crippen LogP contribution in [0.2, 0.25) is 0 Å². The topological polar surface area (TPSA) is 88.2 Å². The highest BCUT2D eigenvalue weighted by Gasteiger charge is 2.29. The fourth-order valence-corrected chi connectivity index (χ4v) is 3.05. The lowest BCUT2D eigenvalue weighted by atomic mass is 9.95. The van der Waals surface area contributed by atoms with Crippen LogP contribution in [0.5, 0.6) is 0 Å². The van der Waals surface area contributed by atoms with Gasteiger partial charge in [-0.2, -0.15) is 0 Å².